The molecular weight excluding hydrogens is 260 g/mol. The molecule has 0 fully saturated rings. The third kappa shape index (κ3) is 4.67. The summed E-state index contributed by atoms with van der Waals surface area (Å²) in [7, 11) is 0. The lowest BCUT2D eigenvalue weighted by atomic mass is 9.95. The van der Waals surface area contributed by atoms with Gasteiger partial charge in [-0.1, -0.05) is 28.1 Å². The number of halogens is 4. The van der Waals surface area contributed by atoms with Crippen LogP contribution in [0.5, 0.6) is 0 Å². The molecule has 0 N–H and O–H groups in total. The van der Waals surface area contributed by atoms with Crippen LogP contribution in [0, 0.1) is 0 Å². The molecule has 78 valence electrons. The molecule has 1 rings (SSSR count). The van der Waals surface area contributed by atoms with Crippen LogP contribution in [-0.4, -0.2) is 13.5 Å². The molecule has 6 heteroatoms. The van der Waals surface area contributed by atoms with Crippen LogP contribution in [0.4, 0.5) is 12.9 Å². The predicted molar refractivity (Wildman–Crippen MR) is 52.9 cm³/mol. The molecule has 0 atom stereocenters. The van der Waals surface area contributed by atoms with Crippen molar-refractivity contribution in [2.75, 3.05) is 6.51 Å². The van der Waals surface area contributed by atoms with Gasteiger partial charge in [0.15, 0.2) is 0 Å². The zero-order chi connectivity index (χ0) is 10.6. The summed E-state index contributed by atoms with van der Waals surface area (Å²) in [5.41, 5.74) is 0.730. The van der Waals surface area contributed by atoms with Crippen LogP contribution in [-0.2, 0) is 11.3 Å². The summed E-state index contributed by atoms with van der Waals surface area (Å²) < 4.78 is 40.7. The van der Waals surface area contributed by atoms with E-state index in [0.717, 1.165) is 10.0 Å². The maximum absolute atomic E-state index is 11.8. The first-order chi connectivity index (χ1) is 6.47. The maximum atomic E-state index is 11.8. The lowest BCUT2D eigenvalue weighted by Crippen LogP contribution is -2.23. The Morgan fingerprint density at radius 3 is 2.21 bits per heavy atom. The fraction of sp³-hybridized carbons (Fsp3) is 0.250. The van der Waals surface area contributed by atoms with Crippen molar-refractivity contribution < 1.29 is 17.7 Å². The van der Waals surface area contributed by atoms with E-state index >= 15 is 0 Å². The van der Waals surface area contributed by atoms with Crippen molar-refractivity contribution in [1.29, 1.82) is 0 Å². The molecule has 1 aromatic rings. The van der Waals surface area contributed by atoms with Crippen LogP contribution in [0.2, 0.25) is 0 Å². The Morgan fingerprint density at radius 1 is 1.14 bits per heavy atom. The quantitative estimate of drug-likeness (QED) is 0.761. The fourth-order valence-corrected chi connectivity index (χ4v) is 1.16. The average Bonchev–Trinajstić information content (AvgIpc) is 2.06. The minimum Gasteiger partial charge on any atom is -0.447 e. The summed E-state index contributed by atoms with van der Waals surface area (Å²) in [6.45, 7) is -5.99. The van der Waals surface area contributed by atoms with Gasteiger partial charge in [0, 0.05) is 11.0 Å². The van der Waals surface area contributed by atoms with Gasteiger partial charge in [0.2, 0.25) is 0 Å². The van der Waals surface area contributed by atoms with Gasteiger partial charge in [-0.2, -0.15) is 0 Å². The summed E-state index contributed by atoms with van der Waals surface area (Å²) in [5.74, 6) is 0. The van der Waals surface area contributed by atoms with E-state index in [2.05, 4.69) is 20.7 Å². The Morgan fingerprint density at radius 2 is 1.71 bits per heavy atom. The topological polar surface area (TPSA) is 9.23 Å². The van der Waals surface area contributed by atoms with Crippen molar-refractivity contribution in [2.45, 2.75) is 6.61 Å². The van der Waals surface area contributed by atoms with Crippen LogP contribution in [0.1, 0.15) is 5.56 Å². The highest BCUT2D eigenvalue weighted by Gasteiger charge is 2.22. The van der Waals surface area contributed by atoms with Gasteiger partial charge in [-0.15, -0.1) is 0 Å². The minimum atomic E-state index is -4.84. The second-order valence-corrected chi connectivity index (χ2v) is 3.77. The van der Waals surface area contributed by atoms with E-state index in [1.807, 2.05) is 0 Å². The first-order valence-corrected chi connectivity index (χ1v) is 4.80. The molecule has 0 aliphatic rings. The van der Waals surface area contributed by atoms with E-state index in [0.29, 0.717) is 0 Å². The van der Waals surface area contributed by atoms with Crippen molar-refractivity contribution in [3.63, 3.8) is 0 Å². The zero-order valence-electron chi connectivity index (χ0n) is 7.22. The summed E-state index contributed by atoms with van der Waals surface area (Å²) in [5, 5.41) is 0. The van der Waals surface area contributed by atoms with Gasteiger partial charge >= 0.3 is 6.98 Å². The third-order valence-corrected chi connectivity index (χ3v) is 2.02. The average molecular weight is 268 g/mol. The van der Waals surface area contributed by atoms with Gasteiger partial charge in [-0.25, -0.2) is 0 Å². The highest BCUT2D eigenvalue weighted by molar-refractivity contribution is 9.10. The Balaban J connectivity index is 2.35. The Kier molecular flexibility index (Phi) is 4.01. The largest absolute Gasteiger partial charge is 0.503 e. The lowest BCUT2D eigenvalue weighted by molar-refractivity contribution is 0.137. The lowest BCUT2D eigenvalue weighted by Gasteiger charge is -2.13. The molecule has 0 aliphatic heterocycles. The second-order valence-electron chi connectivity index (χ2n) is 2.85. The molecule has 0 saturated carbocycles. The molecule has 0 unspecified atom stereocenters. The van der Waals surface area contributed by atoms with Crippen LogP contribution in [0.3, 0.4) is 0 Å². The summed E-state index contributed by atoms with van der Waals surface area (Å²) in [6.07, 6.45) is 0. The Hall–Kier alpha value is -0.485. The van der Waals surface area contributed by atoms with E-state index < -0.39 is 13.5 Å². The zero-order valence-corrected chi connectivity index (χ0v) is 8.81. The fourth-order valence-electron chi connectivity index (χ4n) is 0.891. The SMILES string of the molecule is F[B-](F)(F)COCc1ccc(Br)cc1. The van der Waals surface area contributed by atoms with Crippen LogP contribution in [0.25, 0.3) is 0 Å². The molecular formula is C8H8BBrF3O-. The first kappa shape index (κ1) is 11.6. The molecule has 0 aromatic heterocycles. The second kappa shape index (κ2) is 4.84. The highest BCUT2D eigenvalue weighted by Crippen LogP contribution is 2.13. The Bertz CT molecular complexity index is 286. The van der Waals surface area contributed by atoms with Crippen LogP contribution >= 0.6 is 15.9 Å². The molecule has 0 heterocycles. The third-order valence-electron chi connectivity index (χ3n) is 1.49. The van der Waals surface area contributed by atoms with Crippen LogP contribution < -0.4 is 0 Å². The number of benzene rings is 1. The van der Waals surface area contributed by atoms with E-state index in [1.165, 1.54) is 0 Å². The number of hydrogen-bond acceptors (Lipinski definition) is 1. The van der Waals surface area contributed by atoms with Crippen molar-refractivity contribution in [3.05, 3.63) is 34.3 Å². The highest BCUT2D eigenvalue weighted by atomic mass is 79.9. The van der Waals surface area contributed by atoms with Gasteiger partial charge in [-0.3, -0.25) is 0 Å². The number of ether oxygens (including phenoxy) is 1. The van der Waals surface area contributed by atoms with E-state index in [9.17, 15) is 12.9 Å². The molecule has 0 spiro atoms. The molecule has 0 amide bonds. The van der Waals surface area contributed by atoms with Crippen LogP contribution in [0.15, 0.2) is 28.7 Å². The standard InChI is InChI=1S/C8H8BBrF3O/c10-8-3-1-7(2-4-8)5-14-6-9(11,12)13/h1-4H,5-6H2/q-1. The van der Waals surface area contributed by atoms with Gasteiger partial charge in [0.05, 0.1) is 6.61 Å². The van der Waals surface area contributed by atoms with E-state index in [-0.39, 0.29) is 6.61 Å². The minimum absolute atomic E-state index is 0.00542. The van der Waals surface area contributed by atoms with Crippen molar-refractivity contribution in [3.8, 4) is 0 Å². The molecule has 0 bridgehead atoms. The van der Waals surface area contributed by atoms with Gasteiger partial charge in [0.1, 0.15) is 0 Å². The molecule has 1 nitrogen and oxygen atoms in total. The normalized spacial score (nSPS) is 11.7. The van der Waals surface area contributed by atoms with Gasteiger partial charge < -0.3 is 17.7 Å². The summed E-state index contributed by atoms with van der Waals surface area (Å²) in [6, 6.07) is 6.95. The molecule has 1 aromatic carbocycles. The Labute approximate surface area is 88.4 Å². The molecule has 0 radical (unpaired) electrons. The van der Waals surface area contributed by atoms with Gasteiger partial charge in [0.25, 0.3) is 0 Å². The predicted octanol–water partition coefficient (Wildman–Crippen LogP) is 3.35. The van der Waals surface area contributed by atoms with Crippen molar-refractivity contribution in [1.82, 2.24) is 0 Å². The molecule has 0 aliphatic carbocycles. The summed E-state index contributed by atoms with van der Waals surface area (Å²) in [4.78, 5) is 0. The monoisotopic (exact) mass is 267 g/mol. The van der Waals surface area contributed by atoms with Crippen molar-refractivity contribution >= 4 is 22.9 Å². The van der Waals surface area contributed by atoms with E-state index in [1.54, 1.807) is 24.3 Å². The van der Waals surface area contributed by atoms with E-state index in [4.69, 9.17) is 0 Å². The van der Waals surface area contributed by atoms with Crippen molar-refractivity contribution in [2.24, 2.45) is 0 Å². The number of rotatable bonds is 4. The number of hydrogen-bond donors (Lipinski definition) is 0. The summed E-state index contributed by atoms with van der Waals surface area (Å²) >= 11 is 3.23. The molecule has 0 saturated heterocycles. The first-order valence-electron chi connectivity index (χ1n) is 4.00. The van der Waals surface area contributed by atoms with Gasteiger partial charge in [-0.05, 0) is 17.7 Å². The maximum Gasteiger partial charge on any atom is 0.503 e. The smallest absolute Gasteiger partial charge is 0.447 e. The molecule has 14 heavy (non-hydrogen) atoms.